The van der Waals surface area contributed by atoms with Crippen LogP contribution >= 0.6 is 11.3 Å². The van der Waals surface area contributed by atoms with Crippen molar-refractivity contribution in [3.8, 4) is 0 Å². The highest BCUT2D eigenvalue weighted by molar-refractivity contribution is 7.15. The lowest BCUT2D eigenvalue weighted by molar-refractivity contribution is -0.131. The van der Waals surface area contributed by atoms with Crippen molar-refractivity contribution < 1.29 is 4.79 Å². The van der Waals surface area contributed by atoms with Crippen molar-refractivity contribution in [1.29, 1.82) is 0 Å². The standard InChI is InChI=1S/C11H19N5OS/c1-11(2)4-3-9(17)16(6-5-11)7-8-14-15-10(13-12)18-8/h3-7,12H2,1-2H3,(H,13,15). The molecule has 1 aliphatic heterocycles. The van der Waals surface area contributed by atoms with Gasteiger partial charge < -0.3 is 4.90 Å². The molecule has 0 aromatic carbocycles. The van der Waals surface area contributed by atoms with Crippen molar-refractivity contribution in [2.75, 3.05) is 12.0 Å². The maximum Gasteiger partial charge on any atom is 0.222 e. The molecule has 1 saturated heterocycles. The molecule has 0 saturated carbocycles. The van der Waals surface area contributed by atoms with E-state index in [2.05, 4.69) is 29.5 Å². The van der Waals surface area contributed by atoms with Crippen LogP contribution in [-0.4, -0.2) is 27.5 Å². The minimum absolute atomic E-state index is 0.207. The summed E-state index contributed by atoms with van der Waals surface area (Å²) in [7, 11) is 0. The van der Waals surface area contributed by atoms with Gasteiger partial charge in [0.05, 0.1) is 6.54 Å². The zero-order valence-electron chi connectivity index (χ0n) is 10.8. The molecule has 2 heterocycles. The second-order valence-electron chi connectivity index (χ2n) is 5.37. The Kier molecular flexibility index (Phi) is 3.82. The maximum atomic E-state index is 12.0. The first-order chi connectivity index (χ1) is 8.50. The van der Waals surface area contributed by atoms with Crippen molar-refractivity contribution in [3.63, 3.8) is 0 Å². The van der Waals surface area contributed by atoms with E-state index in [9.17, 15) is 4.79 Å². The van der Waals surface area contributed by atoms with E-state index in [0.717, 1.165) is 24.4 Å². The van der Waals surface area contributed by atoms with Crippen molar-refractivity contribution in [2.45, 2.75) is 39.7 Å². The molecule has 0 unspecified atom stereocenters. The maximum absolute atomic E-state index is 12.0. The molecule has 100 valence electrons. The summed E-state index contributed by atoms with van der Waals surface area (Å²) in [5.74, 6) is 5.47. The fourth-order valence-corrected chi connectivity index (χ4v) is 2.66. The highest BCUT2D eigenvalue weighted by Crippen LogP contribution is 2.31. The Bertz CT molecular complexity index is 431. The number of anilines is 1. The van der Waals surface area contributed by atoms with Gasteiger partial charge in [-0.2, -0.15) is 0 Å². The summed E-state index contributed by atoms with van der Waals surface area (Å²) >= 11 is 1.38. The number of hydrazine groups is 1. The molecule has 1 aromatic heterocycles. The van der Waals surface area contributed by atoms with Crippen LogP contribution in [0, 0.1) is 5.41 Å². The summed E-state index contributed by atoms with van der Waals surface area (Å²) in [6.45, 7) is 5.75. The normalized spacial score (nSPS) is 19.7. The molecule has 3 N–H and O–H groups in total. The van der Waals surface area contributed by atoms with Crippen LogP contribution in [0.15, 0.2) is 0 Å². The number of amides is 1. The molecule has 0 radical (unpaired) electrons. The Morgan fingerprint density at radius 1 is 1.44 bits per heavy atom. The Morgan fingerprint density at radius 2 is 2.22 bits per heavy atom. The molecular formula is C11H19N5OS. The SMILES string of the molecule is CC1(C)CCC(=O)N(Cc2nnc(NN)s2)CC1. The summed E-state index contributed by atoms with van der Waals surface area (Å²) in [5.41, 5.74) is 2.71. The van der Waals surface area contributed by atoms with Gasteiger partial charge >= 0.3 is 0 Å². The summed E-state index contributed by atoms with van der Waals surface area (Å²) in [4.78, 5) is 13.9. The van der Waals surface area contributed by atoms with Crippen LogP contribution in [0.5, 0.6) is 0 Å². The van der Waals surface area contributed by atoms with Crippen LogP contribution in [0.2, 0.25) is 0 Å². The van der Waals surface area contributed by atoms with E-state index in [1.54, 1.807) is 0 Å². The van der Waals surface area contributed by atoms with Gasteiger partial charge in [0, 0.05) is 13.0 Å². The minimum Gasteiger partial charge on any atom is -0.336 e. The number of nitrogens with zero attached hydrogens (tertiary/aromatic N) is 3. The third-order valence-corrected chi connectivity index (χ3v) is 4.18. The third kappa shape index (κ3) is 3.17. The smallest absolute Gasteiger partial charge is 0.222 e. The number of nitrogen functional groups attached to an aromatic ring is 1. The lowest BCUT2D eigenvalue weighted by atomic mass is 9.85. The lowest BCUT2D eigenvalue weighted by Crippen LogP contribution is -2.30. The van der Waals surface area contributed by atoms with Gasteiger partial charge in [0.2, 0.25) is 11.0 Å². The third-order valence-electron chi connectivity index (χ3n) is 3.34. The number of hydrogen-bond acceptors (Lipinski definition) is 6. The van der Waals surface area contributed by atoms with Crippen LogP contribution in [0.4, 0.5) is 5.13 Å². The van der Waals surface area contributed by atoms with Gasteiger partial charge in [-0.25, -0.2) is 5.84 Å². The second-order valence-corrected chi connectivity index (χ2v) is 6.44. The van der Waals surface area contributed by atoms with E-state index in [1.165, 1.54) is 11.3 Å². The Morgan fingerprint density at radius 3 is 2.89 bits per heavy atom. The largest absolute Gasteiger partial charge is 0.336 e. The Balaban J connectivity index is 2.01. The van der Waals surface area contributed by atoms with E-state index >= 15 is 0 Å². The molecule has 0 spiro atoms. The van der Waals surface area contributed by atoms with Crippen LogP contribution in [0.1, 0.15) is 38.1 Å². The zero-order valence-corrected chi connectivity index (χ0v) is 11.6. The molecule has 2 rings (SSSR count). The summed E-state index contributed by atoms with van der Waals surface area (Å²) in [5, 5.41) is 9.28. The highest BCUT2D eigenvalue weighted by Gasteiger charge is 2.27. The van der Waals surface area contributed by atoms with E-state index in [-0.39, 0.29) is 11.3 Å². The first-order valence-corrected chi connectivity index (χ1v) is 6.89. The zero-order chi connectivity index (χ0) is 13.2. The number of nitrogens with one attached hydrogen (secondary N) is 1. The second kappa shape index (κ2) is 5.19. The van der Waals surface area contributed by atoms with E-state index < -0.39 is 0 Å². The number of nitrogens with two attached hydrogens (primary N) is 1. The Hall–Kier alpha value is -1.21. The average Bonchev–Trinajstić information content (AvgIpc) is 2.74. The number of carbonyl (C=O) groups is 1. The molecule has 0 bridgehead atoms. The average molecular weight is 269 g/mol. The van der Waals surface area contributed by atoms with Gasteiger partial charge in [0.25, 0.3) is 0 Å². The van der Waals surface area contributed by atoms with Crippen LogP contribution < -0.4 is 11.3 Å². The van der Waals surface area contributed by atoms with Crippen LogP contribution in [-0.2, 0) is 11.3 Å². The summed E-state index contributed by atoms with van der Waals surface area (Å²) < 4.78 is 0. The number of rotatable bonds is 3. The van der Waals surface area contributed by atoms with Gasteiger partial charge in [0.1, 0.15) is 5.01 Å². The van der Waals surface area contributed by atoms with Gasteiger partial charge in [-0.05, 0) is 18.3 Å². The highest BCUT2D eigenvalue weighted by atomic mass is 32.1. The molecule has 7 heteroatoms. The van der Waals surface area contributed by atoms with Gasteiger partial charge in [0.15, 0.2) is 0 Å². The number of likely N-dealkylation sites (tertiary alicyclic amines) is 1. The first-order valence-electron chi connectivity index (χ1n) is 6.07. The predicted molar refractivity (Wildman–Crippen MR) is 70.8 cm³/mol. The monoisotopic (exact) mass is 269 g/mol. The molecule has 0 atom stereocenters. The van der Waals surface area contributed by atoms with E-state index in [0.29, 0.717) is 18.1 Å². The number of hydrogen-bond donors (Lipinski definition) is 2. The van der Waals surface area contributed by atoms with E-state index in [1.807, 2.05) is 4.90 Å². The topological polar surface area (TPSA) is 84.1 Å². The molecule has 6 nitrogen and oxygen atoms in total. The van der Waals surface area contributed by atoms with Crippen LogP contribution in [0.25, 0.3) is 0 Å². The number of aromatic nitrogens is 2. The van der Waals surface area contributed by atoms with Gasteiger partial charge in [-0.3, -0.25) is 10.2 Å². The molecule has 1 amide bonds. The minimum atomic E-state index is 0.207. The number of carbonyl (C=O) groups excluding carboxylic acids is 1. The fraction of sp³-hybridized carbons (Fsp3) is 0.727. The van der Waals surface area contributed by atoms with Gasteiger partial charge in [-0.15, -0.1) is 10.2 Å². The fourth-order valence-electron chi connectivity index (χ4n) is 2.00. The predicted octanol–water partition coefficient (Wildman–Crippen LogP) is 1.36. The molecule has 1 aliphatic rings. The lowest BCUT2D eigenvalue weighted by Gasteiger charge is -2.22. The molecule has 18 heavy (non-hydrogen) atoms. The van der Waals surface area contributed by atoms with E-state index in [4.69, 9.17) is 5.84 Å². The molecule has 0 aliphatic carbocycles. The molecule has 1 fully saturated rings. The van der Waals surface area contributed by atoms with Crippen molar-refractivity contribution >= 4 is 22.4 Å². The quantitative estimate of drug-likeness (QED) is 0.639. The molecule has 1 aromatic rings. The molecular weight excluding hydrogens is 250 g/mol. The Labute approximate surface area is 111 Å². The van der Waals surface area contributed by atoms with Crippen molar-refractivity contribution in [1.82, 2.24) is 15.1 Å². The van der Waals surface area contributed by atoms with Crippen molar-refractivity contribution in [2.24, 2.45) is 11.3 Å². The summed E-state index contributed by atoms with van der Waals surface area (Å²) in [6.07, 6.45) is 2.60. The van der Waals surface area contributed by atoms with Gasteiger partial charge in [-0.1, -0.05) is 25.2 Å². The first kappa shape index (κ1) is 13.2. The summed E-state index contributed by atoms with van der Waals surface area (Å²) in [6, 6.07) is 0. The van der Waals surface area contributed by atoms with Crippen LogP contribution in [0.3, 0.4) is 0 Å². The van der Waals surface area contributed by atoms with Crippen molar-refractivity contribution in [3.05, 3.63) is 5.01 Å².